The minimum Gasteiger partial charge on any atom is -0.508 e. The van der Waals surface area contributed by atoms with Crippen molar-refractivity contribution in [2.24, 2.45) is 5.84 Å². The van der Waals surface area contributed by atoms with Crippen LogP contribution < -0.4 is 11.3 Å². The maximum atomic E-state index is 10.9. The van der Waals surface area contributed by atoms with Crippen LogP contribution in [0, 0.1) is 0 Å². The Labute approximate surface area is 77.5 Å². The van der Waals surface area contributed by atoms with Crippen molar-refractivity contribution >= 4 is 21.8 Å². The molecule has 4 N–H and O–H groups in total. The number of hydrogen-bond donors (Lipinski definition) is 3. The first-order chi connectivity index (χ1) is 5.63. The average molecular weight is 231 g/mol. The highest BCUT2D eigenvalue weighted by atomic mass is 79.9. The fourth-order valence-corrected chi connectivity index (χ4v) is 1.27. The molecule has 0 fully saturated rings. The van der Waals surface area contributed by atoms with Crippen molar-refractivity contribution in [1.29, 1.82) is 0 Å². The minimum atomic E-state index is -0.438. The molecule has 12 heavy (non-hydrogen) atoms. The van der Waals surface area contributed by atoms with Gasteiger partial charge in [0.25, 0.3) is 5.91 Å². The fourth-order valence-electron chi connectivity index (χ4n) is 0.789. The van der Waals surface area contributed by atoms with Gasteiger partial charge in [0.05, 0.1) is 0 Å². The van der Waals surface area contributed by atoms with Crippen molar-refractivity contribution in [3.63, 3.8) is 0 Å². The van der Waals surface area contributed by atoms with Crippen LogP contribution in [0.4, 0.5) is 0 Å². The topological polar surface area (TPSA) is 75.3 Å². The van der Waals surface area contributed by atoms with Gasteiger partial charge in [0, 0.05) is 10.0 Å². The first-order valence-corrected chi connectivity index (χ1v) is 3.93. The molecule has 0 unspecified atom stereocenters. The number of phenols is 1. The molecule has 0 atom stereocenters. The summed E-state index contributed by atoms with van der Waals surface area (Å²) in [5.74, 6) is 4.49. The van der Waals surface area contributed by atoms with E-state index in [2.05, 4.69) is 15.9 Å². The number of hydrogen-bond acceptors (Lipinski definition) is 3. The highest BCUT2D eigenvalue weighted by Gasteiger charge is 2.05. The van der Waals surface area contributed by atoms with Gasteiger partial charge in [0.2, 0.25) is 0 Å². The van der Waals surface area contributed by atoms with Crippen molar-refractivity contribution in [1.82, 2.24) is 5.43 Å². The Morgan fingerprint density at radius 3 is 2.67 bits per heavy atom. The summed E-state index contributed by atoms with van der Waals surface area (Å²) in [6.45, 7) is 0. The second-order valence-electron chi connectivity index (χ2n) is 2.17. The van der Waals surface area contributed by atoms with Crippen LogP contribution in [0.25, 0.3) is 0 Å². The average Bonchev–Trinajstić information content (AvgIpc) is 2.01. The Morgan fingerprint density at radius 1 is 1.50 bits per heavy atom. The molecule has 0 saturated carbocycles. The predicted molar refractivity (Wildman–Crippen MR) is 47.5 cm³/mol. The van der Waals surface area contributed by atoms with E-state index in [1.807, 2.05) is 5.43 Å². The fraction of sp³-hybridized carbons (Fsp3) is 0. The summed E-state index contributed by atoms with van der Waals surface area (Å²) >= 11 is 3.13. The molecule has 0 heterocycles. The quantitative estimate of drug-likeness (QED) is 0.379. The number of nitrogens with two attached hydrogens (primary N) is 1. The summed E-state index contributed by atoms with van der Waals surface area (Å²) in [7, 11) is 0. The van der Waals surface area contributed by atoms with Crippen LogP contribution in [0.1, 0.15) is 10.4 Å². The SMILES string of the molecule is NNC(=O)c1cc(O)cc(Br)c1. The Kier molecular flexibility index (Phi) is 2.67. The third-order valence-corrected chi connectivity index (χ3v) is 1.73. The number of carbonyl (C=O) groups excluding carboxylic acids is 1. The lowest BCUT2D eigenvalue weighted by Gasteiger charge is -2.00. The van der Waals surface area contributed by atoms with Gasteiger partial charge in [-0.05, 0) is 18.2 Å². The molecule has 0 radical (unpaired) electrons. The van der Waals surface area contributed by atoms with Crippen LogP contribution in [0.5, 0.6) is 5.75 Å². The first-order valence-electron chi connectivity index (χ1n) is 3.14. The van der Waals surface area contributed by atoms with Crippen LogP contribution in [-0.4, -0.2) is 11.0 Å². The number of phenolic OH excluding ortho intramolecular Hbond substituents is 1. The van der Waals surface area contributed by atoms with Crippen LogP contribution in [0.15, 0.2) is 22.7 Å². The van der Waals surface area contributed by atoms with E-state index >= 15 is 0 Å². The largest absolute Gasteiger partial charge is 0.508 e. The summed E-state index contributed by atoms with van der Waals surface area (Å²) in [6, 6.07) is 4.36. The van der Waals surface area contributed by atoms with E-state index in [9.17, 15) is 4.79 Å². The second-order valence-corrected chi connectivity index (χ2v) is 3.09. The molecule has 4 nitrogen and oxygen atoms in total. The van der Waals surface area contributed by atoms with E-state index in [1.54, 1.807) is 6.07 Å². The predicted octanol–water partition coefficient (Wildman–Crippen LogP) is 0.758. The number of nitrogen functional groups attached to an aromatic ring is 1. The van der Waals surface area contributed by atoms with Gasteiger partial charge in [-0.1, -0.05) is 15.9 Å². The van der Waals surface area contributed by atoms with Gasteiger partial charge in [-0.15, -0.1) is 0 Å². The van der Waals surface area contributed by atoms with Crippen LogP contribution >= 0.6 is 15.9 Å². The molecular formula is C7H7BrN2O2. The van der Waals surface area contributed by atoms with Crippen molar-refractivity contribution in [2.45, 2.75) is 0 Å². The normalized spacial score (nSPS) is 9.50. The summed E-state index contributed by atoms with van der Waals surface area (Å²) in [6.07, 6.45) is 0. The maximum Gasteiger partial charge on any atom is 0.265 e. The molecule has 0 spiro atoms. The summed E-state index contributed by atoms with van der Waals surface area (Å²) < 4.78 is 0.626. The molecule has 1 aromatic carbocycles. The zero-order valence-electron chi connectivity index (χ0n) is 6.04. The first kappa shape index (κ1) is 9.02. The van der Waals surface area contributed by atoms with Crippen LogP contribution in [0.3, 0.4) is 0 Å². The zero-order chi connectivity index (χ0) is 9.14. The molecule has 64 valence electrons. The lowest BCUT2D eigenvalue weighted by molar-refractivity contribution is 0.0953. The van der Waals surface area contributed by atoms with Crippen molar-refractivity contribution in [3.05, 3.63) is 28.2 Å². The highest BCUT2D eigenvalue weighted by molar-refractivity contribution is 9.10. The summed E-state index contributed by atoms with van der Waals surface area (Å²) in [5.41, 5.74) is 2.27. The zero-order valence-corrected chi connectivity index (χ0v) is 7.63. The molecule has 5 heteroatoms. The number of amides is 1. The number of nitrogens with one attached hydrogen (secondary N) is 1. The molecule has 1 rings (SSSR count). The third-order valence-electron chi connectivity index (χ3n) is 1.28. The van der Waals surface area contributed by atoms with Crippen LogP contribution in [-0.2, 0) is 0 Å². The van der Waals surface area contributed by atoms with Crippen molar-refractivity contribution in [3.8, 4) is 5.75 Å². The van der Waals surface area contributed by atoms with E-state index < -0.39 is 5.91 Å². The number of rotatable bonds is 1. The van der Waals surface area contributed by atoms with E-state index in [1.165, 1.54) is 12.1 Å². The lowest BCUT2D eigenvalue weighted by Crippen LogP contribution is -2.29. The highest BCUT2D eigenvalue weighted by Crippen LogP contribution is 2.19. The monoisotopic (exact) mass is 230 g/mol. The molecule has 1 aromatic rings. The summed E-state index contributed by atoms with van der Waals surface area (Å²) in [4.78, 5) is 10.9. The molecule has 0 aromatic heterocycles. The van der Waals surface area contributed by atoms with E-state index in [-0.39, 0.29) is 5.75 Å². The van der Waals surface area contributed by atoms with Crippen molar-refractivity contribution < 1.29 is 9.90 Å². The van der Waals surface area contributed by atoms with Gasteiger partial charge in [-0.2, -0.15) is 0 Å². The molecule has 0 aliphatic carbocycles. The lowest BCUT2D eigenvalue weighted by atomic mass is 10.2. The van der Waals surface area contributed by atoms with E-state index in [0.717, 1.165) is 0 Å². The second kappa shape index (κ2) is 3.55. The Morgan fingerprint density at radius 2 is 2.17 bits per heavy atom. The smallest absolute Gasteiger partial charge is 0.265 e. The number of carbonyl (C=O) groups is 1. The van der Waals surface area contributed by atoms with E-state index in [4.69, 9.17) is 10.9 Å². The van der Waals surface area contributed by atoms with Gasteiger partial charge < -0.3 is 5.11 Å². The summed E-state index contributed by atoms with van der Waals surface area (Å²) in [5, 5.41) is 9.09. The molecule has 0 aliphatic heterocycles. The van der Waals surface area contributed by atoms with Crippen LogP contribution in [0.2, 0.25) is 0 Å². The number of halogens is 1. The Hall–Kier alpha value is -1.07. The van der Waals surface area contributed by atoms with Gasteiger partial charge in [-0.3, -0.25) is 10.2 Å². The van der Waals surface area contributed by atoms with Gasteiger partial charge >= 0.3 is 0 Å². The number of benzene rings is 1. The van der Waals surface area contributed by atoms with Gasteiger partial charge in [0.15, 0.2) is 0 Å². The van der Waals surface area contributed by atoms with Gasteiger partial charge in [0.1, 0.15) is 5.75 Å². The molecule has 0 saturated heterocycles. The Bertz CT molecular complexity index is 294. The molecule has 1 amide bonds. The third kappa shape index (κ3) is 1.96. The molecule has 0 aliphatic rings. The maximum absolute atomic E-state index is 10.9. The van der Waals surface area contributed by atoms with Crippen molar-refractivity contribution in [2.75, 3.05) is 0 Å². The Balaban J connectivity index is 3.08. The van der Waals surface area contributed by atoms with Gasteiger partial charge in [-0.25, -0.2) is 5.84 Å². The van der Waals surface area contributed by atoms with E-state index in [0.29, 0.717) is 10.0 Å². The number of hydrazine groups is 1. The molecular weight excluding hydrogens is 224 g/mol. The number of aromatic hydroxyl groups is 1. The minimum absolute atomic E-state index is 0.0166. The standard InChI is InChI=1S/C7H7BrN2O2/c8-5-1-4(7(12)10-9)2-6(11)3-5/h1-3,11H,9H2,(H,10,12). The molecule has 0 bridgehead atoms.